The second kappa shape index (κ2) is 9.61. The number of rotatable bonds is 7. The number of anilines is 1. The van der Waals surface area contributed by atoms with Gasteiger partial charge in [0.2, 0.25) is 0 Å². The van der Waals surface area contributed by atoms with Gasteiger partial charge < -0.3 is 15.4 Å². The average Bonchev–Trinajstić information content (AvgIpc) is 2.43. The molecule has 0 radical (unpaired) electrons. The lowest BCUT2D eigenvalue weighted by atomic mass is 10.2. The first-order valence-corrected chi connectivity index (χ1v) is 6.89. The highest BCUT2D eigenvalue weighted by molar-refractivity contribution is 5.89. The van der Waals surface area contributed by atoms with Crippen molar-refractivity contribution in [2.75, 3.05) is 25.4 Å². The summed E-state index contributed by atoms with van der Waals surface area (Å²) in [6.45, 7) is 8.96. The van der Waals surface area contributed by atoms with Crippen molar-refractivity contribution in [3.63, 3.8) is 0 Å². The number of carbonyl (C=O) groups excluding carboxylic acids is 1. The van der Waals surface area contributed by atoms with E-state index in [4.69, 9.17) is 10.5 Å². The van der Waals surface area contributed by atoms with Gasteiger partial charge in [-0.1, -0.05) is 20.8 Å². The molecule has 0 aromatic heterocycles. The summed E-state index contributed by atoms with van der Waals surface area (Å²) in [6, 6.07) is 6.81. The van der Waals surface area contributed by atoms with E-state index in [1.807, 2.05) is 6.92 Å². The minimum Gasteiger partial charge on any atom is -0.457 e. The van der Waals surface area contributed by atoms with Crippen LogP contribution in [-0.4, -0.2) is 36.6 Å². The summed E-state index contributed by atoms with van der Waals surface area (Å²) >= 11 is 0. The molecule has 0 aliphatic heterocycles. The summed E-state index contributed by atoms with van der Waals surface area (Å²) in [5, 5.41) is 0. The van der Waals surface area contributed by atoms with Crippen LogP contribution in [0.25, 0.3) is 0 Å². The van der Waals surface area contributed by atoms with Crippen molar-refractivity contribution in [2.45, 2.75) is 33.3 Å². The molecule has 1 rings (SSSR count). The van der Waals surface area contributed by atoms with Gasteiger partial charge in [-0.2, -0.15) is 0 Å². The molecule has 0 amide bonds. The number of nitrogens with two attached hydrogens (primary N) is 1. The molecule has 20 heavy (non-hydrogen) atoms. The highest BCUT2D eigenvalue weighted by Crippen LogP contribution is 2.10. The zero-order valence-electron chi connectivity index (χ0n) is 12.5. The Kier molecular flexibility index (Phi) is 9.01. The molecule has 0 aliphatic rings. The van der Waals surface area contributed by atoms with E-state index in [9.17, 15) is 4.79 Å². The fourth-order valence-electron chi connectivity index (χ4n) is 1.86. The van der Waals surface area contributed by atoms with Crippen LogP contribution in [0.4, 0.5) is 5.69 Å². The zero-order chi connectivity index (χ0) is 14.3. The quantitative estimate of drug-likeness (QED) is 0.621. The molecule has 1 unspecified atom stereocenters. The van der Waals surface area contributed by atoms with E-state index in [0.717, 1.165) is 26.1 Å². The van der Waals surface area contributed by atoms with E-state index in [2.05, 4.69) is 18.7 Å². The van der Waals surface area contributed by atoms with Crippen molar-refractivity contribution in [3.8, 4) is 0 Å². The van der Waals surface area contributed by atoms with E-state index in [0.29, 0.717) is 11.3 Å². The number of nitrogen functional groups attached to an aromatic ring is 1. The Labute approximate surface area is 127 Å². The lowest BCUT2D eigenvalue weighted by molar-refractivity contribution is 0.0201. The molecule has 4 nitrogen and oxygen atoms in total. The fourth-order valence-corrected chi connectivity index (χ4v) is 1.86. The number of hydrogen-bond donors (Lipinski definition) is 1. The van der Waals surface area contributed by atoms with Crippen LogP contribution >= 0.6 is 12.4 Å². The SMILES string of the molecule is CCC(CN(CC)CC)OC(=O)c1ccc(N)cc1.Cl. The van der Waals surface area contributed by atoms with Crippen LogP contribution < -0.4 is 5.73 Å². The smallest absolute Gasteiger partial charge is 0.338 e. The first kappa shape index (κ1) is 18.7. The number of ether oxygens (including phenoxy) is 1. The molecule has 0 heterocycles. The summed E-state index contributed by atoms with van der Waals surface area (Å²) in [4.78, 5) is 14.3. The molecule has 0 aliphatic carbocycles. The van der Waals surface area contributed by atoms with Crippen molar-refractivity contribution in [1.82, 2.24) is 4.90 Å². The van der Waals surface area contributed by atoms with Crippen molar-refractivity contribution in [3.05, 3.63) is 29.8 Å². The van der Waals surface area contributed by atoms with Crippen molar-refractivity contribution in [1.29, 1.82) is 0 Å². The number of benzene rings is 1. The van der Waals surface area contributed by atoms with Gasteiger partial charge >= 0.3 is 5.97 Å². The van der Waals surface area contributed by atoms with E-state index in [1.165, 1.54) is 0 Å². The number of hydrogen-bond acceptors (Lipinski definition) is 4. The molecule has 0 bridgehead atoms. The van der Waals surface area contributed by atoms with Gasteiger partial charge in [-0.15, -0.1) is 12.4 Å². The summed E-state index contributed by atoms with van der Waals surface area (Å²) in [7, 11) is 0. The van der Waals surface area contributed by atoms with E-state index in [1.54, 1.807) is 24.3 Å². The average molecular weight is 301 g/mol. The van der Waals surface area contributed by atoms with Crippen molar-refractivity contribution < 1.29 is 9.53 Å². The van der Waals surface area contributed by atoms with Gasteiger partial charge in [-0.3, -0.25) is 0 Å². The Morgan fingerprint density at radius 1 is 1.20 bits per heavy atom. The minimum absolute atomic E-state index is 0. The first-order valence-electron chi connectivity index (χ1n) is 6.89. The highest BCUT2D eigenvalue weighted by atomic mass is 35.5. The maximum absolute atomic E-state index is 12.0. The first-order chi connectivity index (χ1) is 9.10. The predicted octanol–water partition coefficient (Wildman–Crippen LogP) is 2.97. The monoisotopic (exact) mass is 300 g/mol. The Balaban J connectivity index is 0.00000361. The van der Waals surface area contributed by atoms with Gasteiger partial charge in [0.05, 0.1) is 5.56 Å². The number of esters is 1. The maximum Gasteiger partial charge on any atom is 0.338 e. The van der Waals surface area contributed by atoms with Crippen LogP contribution in [0.5, 0.6) is 0 Å². The Morgan fingerprint density at radius 3 is 2.20 bits per heavy atom. The molecular formula is C15H25ClN2O2. The van der Waals surface area contributed by atoms with Crippen LogP contribution in [0.2, 0.25) is 0 Å². The number of halogens is 1. The Hall–Kier alpha value is -1.26. The Bertz CT molecular complexity index is 391. The fraction of sp³-hybridized carbons (Fsp3) is 0.533. The molecule has 1 aromatic rings. The Morgan fingerprint density at radius 2 is 1.75 bits per heavy atom. The second-order valence-corrected chi connectivity index (χ2v) is 4.54. The molecule has 1 atom stereocenters. The zero-order valence-corrected chi connectivity index (χ0v) is 13.3. The van der Waals surface area contributed by atoms with E-state index >= 15 is 0 Å². The lowest BCUT2D eigenvalue weighted by Gasteiger charge is -2.24. The van der Waals surface area contributed by atoms with E-state index < -0.39 is 0 Å². The number of nitrogens with zero attached hydrogens (tertiary/aromatic N) is 1. The third kappa shape index (κ3) is 5.80. The molecular weight excluding hydrogens is 276 g/mol. The topological polar surface area (TPSA) is 55.6 Å². The van der Waals surface area contributed by atoms with Gasteiger partial charge in [0.1, 0.15) is 6.10 Å². The molecule has 2 N–H and O–H groups in total. The minimum atomic E-state index is -0.279. The summed E-state index contributed by atoms with van der Waals surface area (Å²) in [6.07, 6.45) is 0.752. The predicted molar refractivity (Wildman–Crippen MR) is 85.4 cm³/mol. The third-order valence-corrected chi connectivity index (χ3v) is 3.23. The standard InChI is InChI=1S/C15H24N2O2.ClH/c1-4-14(11-17(5-2)6-3)19-15(18)12-7-9-13(16)10-8-12;/h7-10,14H,4-6,11,16H2,1-3H3;1H. The highest BCUT2D eigenvalue weighted by Gasteiger charge is 2.16. The van der Waals surface area contributed by atoms with Crippen LogP contribution in [0, 0.1) is 0 Å². The largest absolute Gasteiger partial charge is 0.457 e. The van der Waals surface area contributed by atoms with Gasteiger partial charge in [0.15, 0.2) is 0 Å². The van der Waals surface area contributed by atoms with Gasteiger partial charge in [0, 0.05) is 12.2 Å². The second-order valence-electron chi connectivity index (χ2n) is 4.54. The van der Waals surface area contributed by atoms with Crippen molar-refractivity contribution >= 4 is 24.1 Å². The normalized spacial score (nSPS) is 11.8. The molecule has 5 heteroatoms. The van der Waals surface area contributed by atoms with Crippen LogP contribution in [0.3, 0.4) is 0 Å². The van der Waals surface area contributed by atoms with Crippen LogP contribution in [-0.2, 0) is 4.74 Å². The summed E-state index contributed by atoms with van der Waals surface area (Å²) in [5.74, 6) is -0.279. The third-order valence-electron chi connectivity index (χ3n) is 3.23. The van der Waals surface area contributed by atoms with Crippen molar-refractivity contribution in [2.24, 2.45) is 0 Å². The number of likely N-dealkylation sites (N-methyl/N-ethyl adjacent to an activating group) is 1. The van der Waals surface area contributed by atoms with Crippen LogP contribution in [0.15, 0.2) is 24.3 Å². The lowest BCUT2D eigenvalue weighted by Crippen LogP contribution is -2.34. The van der Waals surface area contributed by atoms with E-state index in [-0.39, 0.29) is 24.5 Å². The van der Waals surface area contributed by atoms with Crippen LogP contribution in [0.1, 0.15) is 37.6 Å². The molecule has 0 spiro atoms. The summed E-state index contributed by atoms with van der Waals surface area (Å²) < 4.78 is 5.54. The maximum atomic E-state index is 12.0. The molecule has 0 fully saturated rings. The van der Waals surface area contributed by atoms with Gasteiger partial charge in [-0.25, -0.2) is 4.79 Å². The molecule has 0 saturated heterocycles. The molecule has 114 valence electrons. The molecule has 0 saturated carbocycles. The van der Waals surface area contributed by atoms with Gasteiger partial charge in [-0.05, 0) is 43.8 Å². The summed E-state index contributed by atoms with van der Waals surface area (Å²) in [5.41, 5.74) is 6.79. The number of carbonyl (C=O) groups is 1. The molecule has 1 aromatic carbocycles. The van der Waals surface area contributed by atoms with Gasteiger partial charge in [0.25, 0.3) is 0 Å².